The normalized spacial score (nSPS) is 16.1. The molecular weight excluding hydrogens is 204 g/mol. The molecule has 0 fully saturated rings. The van der Waals surface area contributed by atoms with Gasteiger partial charge in [-0.05, 0) is 0 Å². The lowest BCUT2D eigenvalue weighted by atomic mass is 10.3. The highest BCUT2D eigenvalue weighted by atomic mass is 32.2. The second-order valence-corrected chi connectivity index (χ2v) is 3.62. The van der Waals surface area contributed by atoms with Gasteiger partial charge < -0.3 is 0 Å². The second kappa shape index (κ2) is 3.56. The fourth-order valence-electron chi connectivity index (χ4n) is 0.426. The molecule has 0 aromatic rings. The lowest BCUT2D eigenvalue weighted by Crippen LogP contribution is -2.18. The Morgan fingerprint density at radius 1 is 1.33 bits per heavy atom. The zero-order chi connectivity index (χ0) is 9.99. The lowest BCUT2D eigenvalue weighted by Gasteiger charge is -2.07. The summed E-state index contributed by atoms with van der Waals surface area (Å²) in [5.74, 6) is 0. The van der Waals surface area contributed by atoms with Crippen LogP contribution >= 0.6 is 0 Å². The molecule has 0 aliphatic heterocycles. The molecule has 1 N–H and O–H groups in total. The monoisotopic (exact) mass is 210 g/mol. The zero-order valence-electron chi connectivity index (χ0n) is 5.68. The van der Waals surface area contributed by atoms with Gasteiger partial charge in [-0.15, -0.1) is 0 Å². The van der Waals surface area contributed by atoms with Gasteiger partial charge in [0.1, 0.15) is 0 Å². The Morgan fingerprint density at radius 3 is 2.00 bits per heavy atom. The van der Waals surface area contributed by atoms with Gasteiger partial charge in [-0.2, -0.15) is 21.6 Å². The standard InChI is InChI=1S/C4H6F4O3S/c5-3(12(9,10)11)1-2-4(6,7)8/h3H,1-2H2,(H,9,10,11). The molecule has 1 atom stereocenters. The first-order valence-corrected chi connectivity index (χ1v) is 4.30. The van der Waals surface area contributed by atoms with Crippen molar-refractivity contribution in [1.82, 2.24) is 0 Å². The second-order valence-electron chi connectivity index (χ2n) is 2.08. The molecule has 12 heavy (non-hydrogen) atoms. The fraction of sp³-hybridized carbons (Fsp3) is 1.00. The molecular formula is C4H6F4O3S. The third kappa shape index (κ3) is 5.30. The molecule has 0 spiro atoms. The van der Waals surface area contributed by atoms with E-state index in [1.54, 1.807) is 0 Å². The summed E-state index contributed by atoms with van der Waals surface area (Å²) in [6, 6.07) is 0. The van der Waals surface area contributed by atoms with E-state index in [1.807, 2.05) is 0 Å². The Labute approximate surface area is 66.1 Å². The molecule has 0 aromatic carbocycles. The maximum atomic E-state index is 12.1. The van der Waals surface area contributed by atoms with E-state index in [0.717, 1.165) is 0 Å². The first-order valence-electron chi connectivity index (χ1n) is 2.80. The predicted molar refractivity (Wildman–Crippen MR) is 31.7 cm³/mol. The molecule has 1 unspecified atom stereocenters. The summed E-state index contributed by atoms with van der Waals surface area (Å²) in [6.07, 6.45) is -7.47. The first kappa shape index (κ1) is 11.6. The van der Waals surface area contributed by atoms with Crippen molar-refractivity contribution in [2.24, 2.45) is 0 Å². The summed E-state index contributed by atoms with van der Waals surface area (Å²) in [4.78, 5) is 0. The van der Waals surface area contributed by atoms with Gasteiger partial charge in [0.05, 0.1) is 0 Å². The van der Waals surface area contributed by atoms with Crippen LogP contribution in [-0.4, -0.2) is 24.7 Å². The van der Waals surface area contributed by atoms with Crippen LogP contribution in [0.1, 0.15) is 12.8 Å². The summed E-state index contributed by atoms with van der Waals surface area (Å²) in [7, 11) is -4.99. The van der Waals surface area contributed by atoms with Crippen LogP contribution in [0.3, 0.4) is 0 Å². The summed E-state index contributed by atoms with van der Waals surface area (Å²) >= 11 is 0. The molecule has 0 aliphatic rings. The van der Waals surface area contributed by atoms with Gasteiger partial charge in [0.2, 0.25) is 5.50 Å². The van der Waals surface area contributed by atoms with Crippen LogP contribution in [0.15, 0.2) is 0 Å². The fourth-order valence-corrected chi connectivity index (χ4v) is 0.842. The Bertz CT molecular complexity index is 231. The third-order valence-electron chi connectivity index (χ3n) is 0.978. The molecule has 0 heterocycles. The number of halogens is 4. The summed E-state index contributed by atoms with van der Waals surface area (Å²) < 4.78 is 73.8. The van der Waals surface area contributed by atoms with E-state index in [-0.39, 0.29) is 0 Å². The molecule has 0 saturated carbocycles. The van der Waals surface area contributed by atoms with Crippen molar-refractivity contribution in [1.29, 1.82) is 0 Å². The van der Waals surface area contributed by atoms with Crippen molar-refractivity contribution in [2.45, 2.75) is 24.5 Å². The topological polar surface area (TPSA) is 54.4 Å². The van der Waals surface area contributed by atoms with Crippen molar-refractivity contribution < 1.29 is 30.5 Å². The summed E-state index contributed by atoms with van der Waals surface area (Å²) in [5.41, 5.74) is -2.86. The van der Waals surface area contributed by atoms with E-state index < -0.39 is 34.6 Å². The first-order chi connectivity index (χ1) is 5.13. The van der Waals surface area contributed by atoms with Crippen LogP contribution in [0.25, 0.3) is 0 Å². The van der Waals surface area contributed by atoms with Crippen LogP contribution in [0.2, 0.25) is 0 Å². The minimum atomic E-state index is -4.99. The SMILES string of the molecule is O=S(=O)(O)C(F)CCC(F)(F)F. The average Bonchev–Trinajstić information content (AvgIpc) is 1.78. The maximum absolute atomic E-state index is 12.1. The molecule has 0 rings (SSSR count). The third-order valence-corrected chi connectivity index (χ3v) is 1.86. The Kier molecular flexibility index (Phi) is 3.45. The molecule has 0 radical (unpaired) electrons. The Morgan fingerprint density at radius 2 is 1.75 bits per heavy atom. The van der Waals surface area contributed by atoms with Crippen LogP contribution in [0.5, 0.6) is 0 Å². The van der Waals surface area contributed by atoms with Gasteiger partial charge in [-0.25, -0.2) is 4.39 Å². The van der Waals surface area contributed by atoms with Crippen LogP contribution in [0.4, 0.5) is 17.6 Å². The van der Waals surface area contributed by atoms with Gasteiger partial charge in [-0.3, -0.25) is 4.55 Å². The zero-order valence-corrected chi connectivity index (χ0v) is 6.49. The van der Waals surface area contributed by atoms with E-state index in [2.05, 4.69) is 0 Å². The smallest absolute Gasteiger partial charge is 0.283 e. The van der Waals surface area contributed by atoms with E-state index in [9.17, 15) is 26.0 Å². The Balaban J connectivity index is 3.98. The van der Waals surface area contributed by atoms with Crippen LogP contribution < -0.4 is 0 Å². The molecule has 74 valence electrons. The molecule has 0 bridgehead atoms. The van der Waals surface area contributed by atoms with E-state index in [0.29, 0.717) is 0 Å². The van der Waals surface area contributed by atoms with Crippen LogP contribution in [0, 0.1) is 0 Å². The summed E-state index contributed by atoms with van der Waals surface area (Å²) in [5, 5.41) is 0. The van der Waals surface area contributed by atoms with Gasteiger partial charge in [0, 0.05) is 12.8 Å². The number of hydrogen-bond donors (Lipinski definition) is 1. The number of hydrogen-bond acceptors (Lipinski definition) is 2. The molecule has 8 heteroatoms. The van der Waals surface area contributed by atoms with Crippen LogP contribution in [-0.2, 0) is 10.1 Å². The van der Waals surface area contributed by atoms with Gasteiger partial charge in [0.15, 0.2) is 0 Å². The highest BCUT2D eigenvalue weighted by Crippen LogP contribution is 2.24. The number of rotatable bonds is 3. The molecule has 0 saturated heterocycles. The van der Waals surface area contributed by atoms with Gasteiger partial charge >= 0.3 is 6.18 Å². The average molecular weight is 210 g/mol. The van der Waals surface area contributed by atoms with E-state index in [4.69, 9.17) is 4.55 Å². The van der Waals surface area contributed by atoms with Crippen molar-refractivity contribution in [3.63, 3.8) is 0 Å². The molecule has 3 nitrogen and oxygen atoms in total. The highest BCUT2D eigenvalue weighted by molar-refractivity contribution is 7.86. The van der Waals surface area contributed by atoms with Crippen molar-refractivity contribution in [3.05, 3.63) is 0 Å². The van der Waals surface area contributed by atoms with E-state index in [1.165, 1.54) is 0 Å². The van der Waals surface area contributed by atoms with E-state index >= 15 is 0 Å². The number of alkyl halides is 4. The largest absolute Gasteiger partial charge is 0.389 e. The van der Waals surface area contributed by atoms with Gasteiger partial charge in [0.25, 0.3) is 10.1 Å². The minimum absolute atomic E-state index is 1.28. The van der Waals surface area contributed by atoms with Gasteiger partial charge in [-0.1, -0.05) is 0 Å². The molecule has 0 amide bonds. The molecule has 0 aromatic heterocycles. The van der Waals surface area contributed by atoms with Crippen molar-refractivity contribution >= 4 is 10.1 Å². The van der Waals surface area contributed by atoms with Crippen molar-refractivity contribution in [2.75, 3.05) is 0 Å². The summed E-state index contributed by atoms with van der Waals surface area (Å²) in [6.45, 7) is 0. The maximum Gasteiger partial charge on any atom is 0.389 e. The lowest BCUT2D eigenvalue weighted by molar-refractivity contribution is -0.136. The van der Waals surface area contributed by atoms with Crippen molar-refractivity contribution in [3.8, 4) is 0 Å². The quantitative estimate of drug-likeness (QED) is 0.567. The minimum Gasteiger partial charge on any atom is -0.283 e. The Hall–Kier alpha value is -0.370. The molecule has 0 aliphatic carbocycles. The highest BCUT2D eigenvalue weighted by Gasteiger charge is 2.32. The predicted octanol–water partition coefficient (Wildman–Crippen LogP) is 1.51.